The highest BCUT2D eigenvalue weighted by Crippen LogP contribution is 2.26. The highest BCUT2D eigenvalue weighted by molar-refractivity contribution is 9.10. The van der Waals surface area contributed by atoms with Gasteiger partial charge in [0.05, 0.1) is 0 Å². The highest BCUT2D eigenvalue weighted by Gasteiger charge is 2.08. The van der Waals surface area contributed by atoms with E-state index >= 15 is 0 Å². The predicted octanol–water partition coefficient (Wildman–Crippen LogP) is 4.51. The van der Waals surface area contributed by atoms with Gasteiger partial charge in [0.25, 0.3) is 0 Å². The second-order valence-corrected chi connectivity index (χ2v) is 5.15. The van der Waals surface area contributed by atoms with Gasteiger partial charge in [0.2, 0.25) is 0 Å². The van der Waals surface area contributed by atoms with Crippen molar-refractivity contribution < 1.29 is 0 Å². The number of hydrogen-bond donors (Lipinski definition) is 1. The van der Waals surface area contributed by atoms with E-state index in [1.807, 2.05) is 32.0 Å². The van der Waals surface area contributed by atoms with Gasteiger partial charge in [0, 0.05) is 15.7 Å². The van der Waals surface area contributed by atoms with Crippen LogP contribution >= 0.6 is 27.5 Å². The van der Waals surface area contributed by atoms with E-state index in [2.05, 4.69) is 31.2 Å². The molecule has 2 aromatic rings. The molecule has 0 aliphatic rings. The Morgan fingerprint density at radius 1 is 1.33 bits per heavy atom. The van der Waals surface area contributed by atoms with Crippen LogP contribution in [0.15, 0.2) is 29.0 Å². The monoisotopic (exact) mass is 325 g/mol. The molecule has 0 aliphatic carbocycles. The van der Waals surface area contributed by atoms with Crippen LogP contribution in [0.5, 0.6) is 0 Å². The molecule has 1 aromatic carbocycles. The molecular weight excluding hydrogens is 314 g/mol. The molecule has 0 spiro atoms. The second kappa shape index (κ2) is 5.67. The van der Waals surface area contributed by atoms with E-state index in [1.54, 1.807) is 0 Å². The standard InChI is InChI=1S/C13H13BrClN3/c1-3-10-12(15)16-7-17-13(10)18-9-5-4-8(2)11(14)6-9/h4-7H,3H2,1-2H3,(H,16,17,18). The van der Waals surface area contributed by atoms with Gasteiger partial charge in [0.15, 0.2) is 0 Å². The normalized spacial score (nSPS) is 10.4. The zero-order chi connectivity index (χ0) is 13.1. The van der Waals surface area contributed by atoms with Crippen molar-refractivity contribution in [2.24, 2.45) is 0 Å². The van der Waals surface area contributed by atoms with Crippen LogP contribution in [0.2, 0.25) is 5.15 Å². The van der Waals surface area contributed by atoms with E-state index in [0.29, 0.717) is 5.15 Å². The molecule has 0 fully saturated rings. The minimum Gasteiger partial charge on any atom is -0.340 e. The average Bonchev–Trinajstić information content (AvgIpc) is 2.34. The maximum Gasteiger partial charge on any atom is 0.138 e. The summed E-state index contributed by atoms with van der Waals surface area (Å²) >= 11 is 9.56. The summed E-state index contributed by atoms with van der Waals surface area (Å²) in [5, 5.41) is 3.77. The van der Waals surface area contributed by atoms with Crippen molar-refractivity contribution in [3.8, 4) is 0 Å². The smallest absolute Gasteiger partial charge is 0.138 e. The van der Waals surface area contributed by atoms with Crippen molar-refractivity contribution in [1.82, 2.24) is 9.97 Å². The van der Waals surface area contributed by atoms with Crippen molar-refractivity contribution >= 4 is 39.0 Å². The molecule has 1 N–H and O–H groups in total. The SMILES string of the molecule is CCc1c(Cl)ncnc1Nc1ccc(C)c(Br)c1. The fourth-order valence-corrected chi connectivity index (χ4v) is 2.26. The Hall–Kier alpha value is -1.13. The highest BCUT2D eigenvalue weighted by atomic mass is 79.9. The third kappa shape index (κ3) is 2.82. The minimum atomic E-state index is 0.501. The molecule has 0 saturated carbocycles. The summed E-state index contributed by atoms with van der Waals surface area (Å²) in [4.78, 5) is 8.22. The fourth-order valence-electron chi connectivity index (χ4n) is 1.62. The molecule has 3 nitrogen and oxygen atoms in total. The molecule has 18 heavy (non-hydrogen) atoms. The van der Waals surface area contributed by atoms with E-state index in [1.165, 1.54) is 11.9 Å². The number of rotatable bonds is 3. The summed E-state index contributed by atoms with van der Waals surface area (Å²) in [7, 11) is 0. The van der Waals surface area contributed by atoms with E-state index in [0.717, 1.165) is 28.0 Å². The largest absolute Gasteiger partial charge is 0.340 e. The number of nitrogens with one attached hydrogen (secondary N) is 1. The first-order chi connectivity index (χ1) is 8.61. The number of aryl methyl sites for hydroxylation is 1. The number of nitrogens with zero attached hydrogens (tertiary/aromatic N) is 2. The van der Waals surface area contributed by atoms with E-state index < -0.39 is 0 Å². The van der Waals surface area contributed by atoms with Crippen LogP contribution in [0.4, 0.5) is 11.5 Å². The Kier molecular flexibility index (Phi) is 4.19. The maximum absolute atomic E-state index is 6.05. The minimum absolute atomic E-state index is 0.501. The quantitative estimate of drug-likeness (QED) is 0.843. The van der Waals surface area contributed by atoms with Crippen LogP contribution in [0, 0.1) is 6.92 Å². The molecule has 0 bridgehead atoms. The summed E-state index contributed by atoms with van der Waals surface area (Å²) in [5.74, 6) is 0.758. The van der Waals surface area contributed by atoms with Gasteiger partial charge in [-0.05, 0) is 31.0 Å². The maximum atomic E-state index is 6.05. The van der Waals surface area contributed by atoms with Crippen LogP contribution in [0.25, 0.3) is 0 Å². The van der Waals surface area contributed by atoms with Crippen molar-refractivity contribution in [1.29, 1.82) is 0 Å². The van der Waals surface area contributed by atoms with Gasteiger partial charge in [-0.25, -0.2) is 9.97 Å². The van der Waals surface area contributed by atoms with Gasteiger partial charge in [-0.2, -0.15) is 0 Å². The summed E-state index contributed by atoms with van der Waals surface area (Å²) in [5.41, 5.74) is 3.09. The Morgan fingerprint density at radius 3 is 2.78 bits per heavy atom. The van der Waals surface area contributed by atoms with Gasteiger partial charge in [-0.1, -0.05) is 40.5 Å². The van der Waals surface area contributed by atoms with Crippen LogP contribution in [0.3, 0.4) is 0 Å². The lowest BCUT2D eigenvalue weighted by molar-refractivity contribution is 1.05. The molecule has 0 amide bonds. The van der Waals surface area contributed by atoms with E-state index in [4.69, 9.17) is 11.6 Å². The summed E-state index contributed by atoms with van der Waals surface area (Å²) in [6.45, 7) is 4.08. The lowest BCUT2D eigenvalue weighted by Gasteiger charge is -2.11. The van der Waals surface area contributed by atoms with Crippen LogP contribution < -0.4 is 5.32 Å². The zero-order valence-corrected chi connectivity index (χ0v) is 12.5. The molecule has 0 radical (unpaired) electrons. The molecule has 0 saturated heterocycles. The number of halogens is 2. The van der Waals surface area contributed by atoms with Crippen LogP contribution in [0.1, 0.15) is 18.1 Å². The van der Waals surface area contributed by atoms with Crippen molar-refractivity contribution in [2.45, 2.75) is 20.3 Å². The summed E-state index contributed by atoms with van der Waals surface area (Å²) in [6.07, 6.45) is 2.25. The molecule has 94 valence electrons. The van der Waals surface area contributed by atoms with E-state index in [-0.39, 0.29) is 0 Å². The Balaban J connectivity index is 2.34. The van der Waals surface area contributed by atoms with Crippen molar-refractivity contribution in [2.75, 3.05) is 5.32 Å². The van der Waals surface area contributed by atoms with E-state index in [9.17, 15) is 0 Å². The predicted molar refractivity (Wildman–Crippen MR) is 78.6 cm³/mol. The van der Waals surface area contributed by atoms with Crippen LogP contribution in [-0.4, -0.2) is 9.97 Å². The Labute approximate surface area is 120 Å². The van der Waals surface area contributed by atoms with Gasteiger partial charge in [0.1, 0.15) is 17.3 Å². The van der Waals surface area contributed by atoms with Crippen molar-refractivity contribution in [3.05, 3.63) is 45.3 Å². The molecule has 0 aliphatic heterocycles. The third-order valence-electron chi connectivity index (χ3n) is 2.68. The van der Waals surface area contributed by atoms with Gasteiger partial charge >= 0.3 is 0 Å². The molecular formula is C13H13BrClN3. The summed E-state index contributed by atoms with van der Waals surface area (Å²) < 4.78 is 1.06. The number of anilines is 2. The summed E-state index contributed by atoms with van der Waals surface area (Å²) in [6, 6.07) is 6.07. The van der Waals surface area contributed by atoms with Gasteiger partial charge in [-0.3, -0.25) is 0 Å². The van der Waals surface area contributed by atoms with Crippen molar-refractivity contribution in [3.63, 3.8) is 0 Å². The first-order valence-corrected chi connectivity index (χ1v) is 6.81. The molecule has 5 heteroatoms. The fraction of sp³-hybridized carbons (Fsp3) is 0.231. The molecule has 1 heterocycles. The first-order valence-electron chi connectivity index (χ1n) is 5.64. The zero-order valence-electron chi connectivity index (χ0n) is 10.2. The van der Waals surface area contributed by atoms with Crippen LogP contribution in [-0.2, 0) is 6.42 Å². The Bertz CT molecular complexity index is 572. The molecule has 0 unspecified atom stereocenters. The molecule has 2 rings (SSSR count). The number of hydrogen-bond acceptors (Lipinski definition) is 3. The first kappa shape index (κ1) is 13.3. The lowest BCUT2D eigenvalue weighted by atomic mass is 10.2. The average molecular weight is 327 g/mol. The van der Waals surface area contributed by atoms with Gasteiger partial charge < -0.3 is 5.32 Å². The third-order valence-corrected chi connectivity index (χ3v) is 3.86. The number of aromatic nitrogens is 2. The molecule has 0 atom stereocenters. The second-order valence-electron chi connectivity index (χ2n) is 3.93. The number of benzene rings is 1. The lowest BCUT2D eigenvalue weighted by Crippen LogP contribution is -2.00. The Morgan fingerprint density at radius 2 is 2.11 bits per heavy atom. The van der Waals surface area contributed by atoms with Gasteiger partial charge in [-0.15, -0.1) is 0 Å². The topological polar surface area (TPSA) is 37.8 Å². The molecule has 1 aromatic heterocycles.